The molecular formula is C27H30N2O5S. The molecule has 0 aromatic heterocycles. The summed E-state index contributed by atoms with van der Waals surface area (Å²) in [5, 5.41) is 2.80. The number of hydrogen-bond acceptors (Lipinski definition) is 5. The van der Waals surface area contributed by atoms with Crippen molar-refractivity contribution in [3.63, 3.8) is 0 Å². The van der Waals surface area contributed by atoms with Crippen LogP contribution in [0.5, 0.6) is 11.5 Å². The van der Waals surface area contributed by atoms with E-state index >= 15 is 0 Å². The smallest absolute Gasteiger partial charge is 0.263 e. The molecule has 1 amide bonds. The molecule has 1 unspecified atom stereocenters. The molecule has 1 aliphatic rings. The van der Waals surface area contributed by atoms with Gasteiger partial charge in [-0.25, -0.2) is 8.42 Å². The van der Waals surface area contributed by atoms with Gasteiger partial charge in [0, 0.05) is 0 Å². The molecule has 0 spiro atoms. The zero-order valence-electron chi connectivity index (χ0n) is 19.7. The lowest BCUT2D eigenvalue weighted by molar-refractivity contribution is -0.127. The molecule has 8 heteroatoms. The van der Waals surface area contributed by atoms with Gasteiger partial charge >= 0.3 is 0 Å². The lowest BCUT2D eigenvalue weighted by Crippen LogP contribution is -2.51. The lowest BCUT2D eigenvalue weighted by atomic mass is 10.1. The number of nitrogens with zero attached hydrogens (tertiary/aromatic N) is 1. The Hall–Kier alpha value is -3.52. The molecule has 0 aliphatic carbocycles. The first kappa shape index (κ1) is 24.6. The topological polar surface area (TPSA) is 84.9 Å². The summed E-state index contributed by atoms with van der Waals surface area (Å²) < 4.78 is 39.4. The van der Waals surface area contributed by atoms with Gasteiger partial charge in [0.2, 0.25) is 10.0 Å². The first-order valence-corrected chi connectivity index (χ1v) is 13.4. The van der Waals surface area contributed by atoms with Crippen LogP contribution in [0.25, 0.3) is 0 Å². The number of para-hydroxylation sites is 2. The number of carbonyl (C=O) groups excluding carboxylic acids is 1. The average Bonchev–Trinajstić information content (AvgIpc) is 2.87. The van der Waals surface area contributed by atoms with E-state index in [2.05, 4.69) is 12.2 Å². The van der Waals surface area contributed by atoms with E-state index in [0.717, 1.165) is 18.6 Å². The van der Waals surface area contributed by atoms with E-state index < -0.39 is 16.1 Å². The maximum atomic E-state index is 13.3. The quantitative estimate of drug-likeness (QED) is 0.432. The molecule has 1 atom stereocenters. The van der Waals surface area contributed by atoms with Gasteiger partial charge in [0.05, 0.1) is 24.5 Å². The fraction of sp³-hybridized carbons (Fsp3) is 0.296. The van der Waals surface area contributed by atoms with Crippen LogP contribution in [-0.4, -0.2) is 40.1 Å². The molecule has 184 valence electrons. The van der Waals surface area contributed by atoms with Crippen LogP contribution < -0.4 is 19.1 Å². The van der Waals surface area contributed by atoms with Crippen molar-refractivity contribution in [2.45, 2.75) is 31.6 Å². The van der Waals surface area contributed by atoms with Gasteiger partial charge in [-0.05, 0) is 41.8 Å². The first-order chi connectivity index (χ1) is 17.0. The minimum atomic E-state index is -3.74. The standard InChI is InChI=1S/C27H30N2O5S/c1-2-8-21-13-15-23(16-14-21)33-18-17-28-27(30)26-19-29(24-11-6-7-12-25(24)34-26)35(31,32)20-22-9-4-3-5-10-22/h3-7,9-16,26H,2,8,17-20H2,1H3,(H,28,30). The van der Waals surface area contributed by atoms with E-state index in [1.807, 2.05) is 30.3 Å². The van der Waals surface area contributed by atoms with Crippen molar-refractivity contribution in [3.05, 3.63) is 90.0 Å². The number of hydrogen-bond donors (Lipinski definition) is 1. The third-order valence-corrected chi connectivity index (χ3v) is 7.40. The predicted molar refractivity (Wildman–Crippen MR) is 136 cm³/mol. The molecule has 0 saturated heterocycles. The van der Waals surface area contributed by atoms with Crippen LogP contribution in [-0.2, 0) is 27.0 Å². The SMILES string of the molecule is CCCc1ccc(OCCNC(=O)C2CN(S(=O)(=O)Cc3ccccc3)c3ccccc3O2)cc1. The minimum absolute atomic E-state index is 0.0994. The fourth-order valence-electron chi connectivity index (χ4n) is 3.96. The summed E-state index contributed by atoms with van der Waals surface area (Å²) in [6.07, 6.45) is 1.15. The number of carbonyl (C=O) groups is 1. The van der Waals surface area contributed by atoms with Crippen molar-refractivity contribution in [2.75, 3.05) is 24.0 Å². The molecule has 0 radical (unpaired) electrons. The van der Waals surface area contributed by atoms with E-state index in [9.17, 15) is 13.2 Å². The molecule has 0 fully saturated rings. The average molecular weight is 495 g/mol. The number of rotatable bonds is 10. The van der Waals surface area contributed by atoms with Crippen LogP contribution in [0.15, 0.2) is 78.9 Å². The zero-order valence-corrected chi connectivity index (χ0v) is 20.5. The number of fused-ring (bicyclic) bond motifs is 1. The van der Waals surface area contributed by atoms with Crippen LogP contribution in [0.1, 0.15) is 24.5 Å². The number of benzene rings is 3. The van der Waals surface area contributed by atoms with Crippen molar-refractivity contribution in [1.82, 2.24) is 5.32 Å². The van der Waals surface area contributed by atoms with Gasteiger partial charge in [0.25, 0.3) is 5.91 Å². The second kappa shape index (κ2) is 11.3. The molecular weight excluding hydrogens is 464 g/mol. The van der Waals surface area contributed by atoms with Gasteiger partial charge in [-0.3, -0.25) is 9.10 Å². The summed E-state index contributed by atoms with van der Waals surface area (Å²) in [5.41, 5.74) is 2.37. The Morgan fingerprint density at radius 1 is 1.00 bits per heavy atom. The summed E-state index contributed by atoms with van der Waals surface area (Å²) in [4.78, 5) is 12.9. The number of anilines is 1. The van der Waals surface area contributed by atoms with Crippen LogP contribution >= 0.6 is 0 Å². The molecule has 1 heterocycles. The number of amides is 1. The van der Waals surface area contributed by atoms with Crippen LogP contribution in [0.4, 0.5) is 5.69 Å². The zero-order chi connectivity index (χ0) is 24.7. The van der Waals surface area contributed by atoms with E-state index in [1.54, 1.807) is 48.5 Å². The molecule has 3 aromatic carbocycles. The number of aryl methyl sites for hydroxylation is 1. The van der Waals surface area contributed by atoms with Crippen molar-refractivity contribution in [2.24, 2.45) is 0 Å². The van der Waals surface area contributed by atoms with E-state index in [1.165, 1.54) is 9.87 Å². The van der Waals surface area contributed by atoms with Gasteiger partial charge in [0.1, 0.15) is 18.1 Å². The highest BCUT2D eigenvalue weighted by atomic mass is 32.2. The van der Waals surface area contributed by atoms with Crippen molar-refractivity contribution >= 4 is 21.6 Å². The van der Waals surface area contributed by atoms with Crippen molar-refractivity contribution in [3.8, 4) is 11.5 Å². The monoisotopic (exact) mass is 494 g/mol. The summed E-state index contributed by atoms with van der Waals surface area (Å²) >= 11 is 0. The van der Waals surface area contributed by atoms with Crippen LogP contribution in [0, 0.1) is 0 Å². The summed E-state index contributed by atoms with van der Waals surface area (Å²) in [5.74, 6) is 0.543. The van der Waals surface area contributed by atoms with Crippen molar-refractivity contribution < 1.29 is 22.7 Å². The highest BCUT2D eigenvalue weighted by Crippen LogP contribution is 2.35. The van der Waals surface area contributed by atoms with E-state index in [4.69, 9.17) is 9.47 Å². The van der Waals surface area contributed by atoms with Crippen molar-refractivity contribution in [1.29, 1.82) is 0 Å². The normalized spacial score (nSPS) is 15.1. The maximum absolute atomic E-state index is 13.3. The predicted octanol–water partition coefficient (Wildman–Crippen LogP) is 3.93. The summed E-state index contributed by atoms with van der Waals surface area (Å²) in [6.45, 7) is 2.60. The molecule has 1 aliphatic heterocycles. The first-order valence-electron chi connectivity index (χ1n) is 11.8. The molecule has 0 saturated carbocycles. The largest absolute Gasteiger partial charge is 0.492 e. The number of sulfonamides is 1. The maximum Gasteiger partial charge on any atom is 0.263 e. The molecule has 4 rings (SSSR count). The van der Waals surface area contributed by atoms with Gasteiger partial charge in [0.15, 0.2) is 6.10 Å². The lowest BCUT2D eigenvalue weighted by Gasteiger charge is -2.34. The van der Waals surface area contributed by atoms with Crippen LogP contribution in [0.2, 0.25) is 0 Å². The Balaban J connectivity index is 1.37. The highest BCUT2D eigenvalue weighted by Gasteiger charge is 2.36. The Labute approximate surface area is 206 Å². The molecule has 0 bridgehead atoms. The summed E-state index contributed by atoms with van der Waals surface area (Å²) in [7, 11) is -3.74. The molecule has 3 aromatic rings. The third-order valence-electron chi connectivity index (χ3n) is 5.69. The third kappa shape index (κ3) is 6.33. The van der Waals surface area contributed by atoms with Gasteiger partial charge in [-0.15, -0.1) is 0 Å². The van der Waals surface area contributed by atoms with E-state index in [0.29, 0.717) is 17.0 Å². The van der Waals surface area contributed by atoms with Crippen LogP contribution in [0.3, 0.4) is 0 Å². The Morgan fingerprint density at radius 3 is 2.46 bits per heavy atom. The number of nitrogens with one attached hydrogen (secondary N) is 1. The van der Waals surface area contributed by atoms with Gasteiger partial charge < -0.3 is 14.8 Å². The fourth-order valence-corrected chi connectivity index (χ4v) is 5.55. The highest BCUT2D eigenvalue weighted by molar-refractivity contribution is 7.92. The Bertz CT molecular complexity index is 1230. The molecule has 1 N–H and O–H groups in total. The second-order valence-corrected chi connectivity index (χ2v) is 10.3. The second-order valence-electron chi connectivity index (χ2n) is 8.38. The Morgan fingerprint density at radius 2 is 1.71 bits per heavy atom. The van der Waals surface area contributed by atoms with E-state index in [-0.39, 0.29) is 31.4 Å². The Kier molecular flexibility index (Phi) is 7.92. The summed E-state index contributed by atoms with van der Waals surface area (Å²) in [6, 6.07) is 23.8. The van der Waals surface area contributed by atoms with Gasteiger partial charge in [-0.2, -0.15) is 0 Å². The molecule has 7 nitrogen and oxygen atoms in total. The minimum Gasteiger partial charge on any atom is -0.492 e. The molecule has 35 heavy (non-hydrogen) atoms. The number of ether oxygens (including phenoxy) is 2. The van der Waals surface area contributed by atoms with Gasteiger partial charge in [-0.1, -0.05) is 67.9 Å².